The Labute approximate surface area is 171 Å². The second-order valence-electron chi connectivity index (χ2n) is 6.54. The summed E-state index contributed by atoms with van der Waals surface area (Å²) in [6.07, 6.45) is 0. The van der Waals surface area contributed by atoms with Crippen LogP contribution >= 0.6 is 11.6 Å². The second kappa shape index (κ2) is 7.53. The molecular weight excluding hydrogens is 393 g/mol. The largest absolute Gasteiger partial charge is 0.507 e. The third-order valence-electron chi connectivity index (χ3n) is 4.78. The van der Waals surface area contributed by atoms with Gasteiger partial charge in [0, 0.05) is 21.8 Å². The van der Waals surface area contributed by atoms with Crippen LogP contribution in [0.3, 0.4) is 0 Å². The third kappa shape index (κ3) is 3.30. The molecule has 0 aromatic heterocycles. The molecule has 1 aliphatic rings. The maximum Gasteiger partial charge on any atom is 0.300 e. The quantitative estimate of drug-likeness (QED) is 0.373. The molecule has 0 spiro atoms. The van der Waals surface area contributed by atoms with Gasteiger partial charge in [-0.05, 0) is 24.3 Å². The molecule has 0 radical (unpaired) electrons. The van der Waals surface area contributed by atoms with Crippen LogP contribution in [0.2, 0.25) is 5.02 Å². The van der Waals surface area contributed by atoms with Crippen LogP contribution in [0, 0.1) is 5.82 Å². The smallest absolute Gasteiger partial charge is 0.300 e. The molecule has 3 aromatic carbocycles. The van der Waals surface area contributed by atoms with Crippen molar-refractivity contribution in [1.82, 2.24) is 0 Å². The summed E-state index contributed by atoms with van der Waals surface area (Å²) in [6.45, 7) is 0. The van der Waals surface area contributed by atoms with Gasteiger partial charge in [-0.1, -0.05) is 66.2 Å². The molecule has 1 aliphatic heterocycles. The molecule has 29 heavy (non-hydrogen) atoms. The van der Waals surface area contributed by atoms with E-state index in [-0.39, 0.29) is 16.9 Å². The molecule has 1 amide bonds. The lowest BCUT2D eigenvalue weighted by Gasteiger charge is -2.25. The van der Waals surface area contributed by atoms with Crippen LogP contribution in [0.1, 0.15) is 17.2 Å². The van der Waals surface area contributed by atoms with Gasteiger partial charge in [0.1, 0.15) is 11.6 Å². The Balaban J connectivity index is 1.99. The van der Waals surface area contributed by atoms with Crippen molar-refractivity contribution < 1.29 is 19.1 Å². The van der Waals surface area contributed by atoms with Crippen LogP contribution in [0.15, 0.2) is 84.4 Å². The Hall–Kier alpha value is -3.44. The molecule has 144 valence electrons. The van der Waals surface area contributed by atoms with E-state index in [0.29, 0.717) is 16.3 Å². The van der Waals surface area contributed by atoms with E-state index in [0.717, 1.165) is 0 Å². The van der Waals surface area contributed by atoms with E-state index < -0.39 is 23.5 Å². The van der Waals surface area contributed by atoms with Crippen LogP contribution < -0.4 is 4.90 Å². The topological polar surface area (TPSA) is 57.6 Å². The highest BCUT2D eigenvalue weighted by atomic mass is 35.5. The standard InChI is InChI=1S/C23H15ClFNO3/c24-15-9-6-10-16(13-15)26-20(17-11-4-5-12-18(17)25)19(22(28)23(26)29)21(27)14-7-2-1-3-8-14/h1-13,20,27H/t20-/m0/s1. The fraction of sp³-hybridized carbons (Fsp3) is 0.0435. The Bertz CT molecular complexity index is 1140. The zero-order valence-electron chi connectivity index (χ0n) is 15.0. The fourth-order valence-corrected chi connectivity index (χ4v) is 3.65. The van der Waals surface area contributed by atoms with Gasteiger partial charge in [0.15, 0.2) is 0 Å². The van der Waals surface area contributed by atoms with Gasteiger partial charge in [-0.3, -0.25) is 14.5 Å². The third-order valence-corrected chi connectivity index (χ3v) is 5.01. The molecule has 4 rings (SSSR count). The van der Waals surface area contributed by atoms with Crippen LogP contribution in [0.5, 0.6) is 0 Å². The van der Waals surface area contributed by atoms with Crippen molar-refractivity contribution in [3.8, 4) is 0 Å². The van der Waals surface area contributed by atoms with Crippen molar-refractivity contribution >= 4 is 34.7 Å². The predicted octanol–water partition coefficient (Wildman–Crippen LogP) is 5.11. The number of rotatable bonds is 3. The molecule has 0 unspecified atom stereocenters. The van der Waals surface area contributed by atoms with Crippen molar-refractivity contribution in [2.75, 3.05) is 4.90 Å². The van der Waals surface area contributed by atoms with Crippen LogP contribution in [-0.2, 0) is 9.59 Å². The number of Topliss-reactive ketones (excluding diaryl/α,β-unsaturated/α-hetero) is 1. The summed E-state index contributed by atoms with van der Waals surface area (Å²) in [5, 5.41) is 11.2. The number of hydrogen-bond donors (Lipinski definition) is 1. The van der Waals surface area contributed by atoms with E-state index >= 15 is 0 Å². The van der Waals surface area contributed by atoms with E-state index in [9.17, 15) is 19.1 Å². The van der Waals surface area contributed by atoms with Crippen LogP contribution in [-0.4, -0.2) is 16.8 Å². The van der Waals surface area contributed by atoms with Gasteiger partial charge >= 0.3 is 0 Å². The van der Waals surface area contributed by atoms with Gasteiger partial charge in [0.05, 0.1) is 11.6 Å². The highest BCUT2D eigenvalue weighted by Crippen LogP contribution is 2.43. The molecule has 1 saturated heterocycles. The molecule has 1 N–H and O–H groups in total. The van der Waals surface area contributed by atoms with Crippen LogP contribution in [0.4, 0.5) is 10.1 Å². The first-order valence-electron chi connectivity index (χ1n) is 8.85. The first-order chi connectivity index (χ1) is 14.0. The first kappa shape index (κ1) is 18.9. The van der Waals surface area contributed by atoms with Gasteiger partial charge < -0.3 is 5.11 Å². The van der Waals surface area contributed by atoms with Gasteiger partial charge in [0.2, 0.25) is 0 Å². The molecule has 4 nitrogen and oxygen atoms in total. The van der Waals surface area contributed by atoms with E-state index in [1.54, 1.807) is 54.6 Å². The van der Waals surface area contributed by atoms with Crippen molar-refractivity contribution in [3.05, 3.63) is 106 Å². The van der Waals surface area contributed by atoms with Gasteiger partial charge in [0.25, 0.3) is 11.7 Å². The number of ketones is 1. The Morgan fingerprint density at radius 3 is 2.31 bits per heavy atom. The zero-order valence-corrected chi connectivity index (χ0v) is 15.8. The Morgan fingerprint density at radius 1 is 0.931 bits per heavy atom. The SMILES string of the molecule is O=C1C(=O)N(c2cccc(Cl)c2)[C@@H](c2ccccc2F)C1=C(O)c1ccccc1. The molecule has 6 heteroatoms. The average Bonchev–Trinajstić information content (AvgIpc) is 2.99. The maximum absolute atomic E-state index is 14.7. The molecule has 1 heterocycles. The summed E-state index contributed by atoms with van der Waals surface area (Å²) in [5.74, 6) is -2.70. The number of nitrogens with zero attached hydrogens (tertiary/aromatic N) is 1. The molecule has 0 saturated carbocycles. The molecule has 1 fully saturated rings. The van der Waals surface area contributed by atoms with Crippen molar-refractivity contribution in [2.45, 2.75) is 6.04 Å². The zero-order chi connectivity index (χ0) is 20.5. The summed E-state index contributed by atoms with van der Waals surface area (Å²) >= 11 is 6.07. The van der Waals surface area contributed by atoms with Crippen molar-refractivity contribution in [3.63, 3.8) is 0 Å². The maximum atomic E-state index is 14.7. The number of carbonyl (C=O) groups excluding carboxylic acids is 2. The lowest BCUT2D eigenvalue weighted by atomic mass is 9.95. The fourth-order valence-electron chi connectivity index (χ4n) is 3.47. The first-order valence-corrected chi connectivity index (χ1v) is 9.23. The number of carbonyl (C=O) groups is 2. The Morgan fingerprint density at radius 2 is 1.62 bits per heavy atom. The normalized spacial score (nSPS) is 18.3. The lowest BCUT2D eigenvalue weighted by Crippen LogP contribution is -2.29. The minimum atomic E-state index is -1.13. The number of hydrogen-bond acceptors (Lipinski definition) is 3. The van der Waals surface area contributed by atoms with Crippen LogP contribution in [0.25, 0.3) is 5.76 Å². The summed E-state index contributed by atoms with van der Waals surface area (Å²) in [4.78, 5) is 27.0. The molecular formula is C23H15ClFNO3. The van der Waals surface area contributed by atoms with Crippen molar-refractivity contribution in [1.29, 1.82) is 0 Å². The van der Waals surface area contributed by atoms with E-state index in [1.165, 1.54) is 29.2 Å². The lowest BCUT2D eigenvalue weighted by molar-refractivity contribution is -0.132. The summed E-state index contributed by atoms with van der Waals surface area (Å²) < 4.78 is 14.7. The molecule has 0 aliphatic carbocycles. The summed E-state index contributed by atoms with van der Waals surface area (Å²) in [6, 6.07) is 19.5. The monoisotopic (exact) mass is 407 g/mol. The van der Waals surface area contributed by atoms with Crippen molar-refractivity contribution in [2.24, 2.45) is 0 Å². The van der Waals surface area contributed by atoms with Gasteiger partial charge in [-0.2, -0.15) is 0 Å². The summed E-state index contributed by atoms with van der Waals surface area (Å²) in [7, 11) is 0. The van der Waals surface area contributed by atoms with E-state index in [1.807, 2.05) is 0 Å². The number of aliphatic hydroxyl groups is 1. The molecule has 3 aromatic rings. The predicted molar refractivity (Wildman–Crippen MR) is 109 cm³/mol. The van der Waals surface area contributed by atoms with Gasteiger partial charge in [-0.15, -0.1) is 0 Å². The van der Waals surface area contributed by atoms with E-state index in [2.05, 4.69) is 0 Å². The number of amides is 1. The second-order valence-corrected chi connectivity index (χ2v) is 6.97. The average molecular weight is 408 g/mol. The van der Waals surface area contributed by atoms with E-state index in [4.69, 9.17) is 11.6 Å². The number of benzene rings is 3. The molecule has 1 atom stereocenters. The molecule has 0 bridgehead atoms. The highest BCUT2D eigenvalue weighted by molar-refractivity contribution is 6.51. The number of aliphatic hydroxyl groups excluding tert-OH is 1. The number of anilines is 1. The highest BCUT2D eigenvalue weighted by Gasteiger charge is 2.47. The van der Waals surface area contributed by atoms with Gasteiger partial charge in [-0.25, -0.2) is 4.39 Å². The summed E-state index contributed by atoms with van der Waals surface area (Å²) in [5.41, 5.74) is 0.619. The number of halogens is 2. The Kier molecular flexibility index (Phi) is 4.91. The minimum absolute atomic E-state index is 0.101. The minimum Gasteiger partial charge on any atom is -0.507 e.